The van der Waals surface area contributed by atoms with Crippen LogP contribution in [0.1, 0.15) is 31.2 Å². The molecule has 1 aromatic carbocycles. The molecule has 124 valence electrons. The van der Waals surface area contributed by atoms with Crippen molar-refractivity contribution >= 4 is 11.6 Å². The van der Waals surface area contributed by atoms with E-state index in [0.29, 0.717) is 25.7 Å². The van der Waals surface area contributed by atoms with Crippen LogP contribution in [0.25, 0.3) is 0 Å². The summed E-state index contributed by atoms with van der Waals surface area (Å²) in [6, 6.07) is 8.42. The Bertz CT molecular complexity index is 588. The van der Waals surface area contributed by atoms with Crippen molar-refractivity contribution in [2.45, 2.75) is 31.5 Å². The Kier molecular flexibility index (Phi) is 3.77. The van der Waals surface area contributed by atoms with Crippen molar-refractivity contribution in [2.24, 2.45) is 0 Å². The summed E-state index contributed by atoms with van der Waals surface area (Å²) in [6.07, 6.45) is 1.57. The van der Waals surface area contributed by atoms with Gasteiger partial charge in [0, 0.05) is 44.1 Å². The second-order valence-corrected chi connectivity index (χ2v) is 6.83. The van der Waals surface area contributed by atoms with E-state index >= 15 is 0 Å². The molecule has 4 rings (SSSR count). The van der Waals surface area contributed by atoms with Gasteiger partial charge >= 0.3 is 0 Å². The molecular formula is C18H24N2O3. The summed E-state index contributed by atoms with van der Waals surface area (Å²) < 4.78 is 11.5. The minimum atomic E-state index is -0.411. The van der Waals surface area contributed by atoms with Gasteiger partial charge in [0.05, 0.1) is 19.8 Å². The van der Waals surface area contributed by atoms with E-state index in [1.165, 1.54) is 11.3 Å². The SMILES string of the molecule is CC1CN(CC(=O)N2CCC3(CC2)OCCO3)c2ccccc21. The lowest BCUT2D eigenvalue weighted by atomic mass is 10.0. The molecule has 1 aromatic rings. The van der Waals surface area contributed by atoms with E-state index in [-0.39, 0.29) is 5.91 Å². The van der Waals surface area contributed by atoms with Crippen molar-refractivity contribution in [3.63, 3.8) is 0 Å². The van der Waals surface area contributed by atoms with Crippen LogP contribution in [0.4, 0.5) is 5.69 Å². The minimum Gasteiger partial charge on any atom is -0.361 e. The number of fused-ring (bicyclic) bond motifs is 1. The number of ether oxygens (including phenoxy) is 2. The smallest absolute Gasteiger partial charge is 0.242 e. The summed E-state index contributed by atoms with van der Waals surface area (Å²) in [7, 11) is 0. The second kappa shape index (κ2) is 5.80. The first kappa shape index (κ1) is 15.0. The molecule has 0 aromatic heterocycles. The Balaban J connectivity index is 1.38. The number of benzene rings is 1. The molecule has 0 saturated carbocycles. The van der Waals surface area contributed by atoms with Gasteiger partial charge in [-0.05, 0) is 11.6 Å². The molecule has 5 heteroatoms. The predicted octanol–water partition coefficient (Wildman–Crippen LogP) is 1.98. The highest BCUT2D eigenvalue weighted by molar-refractivity contribution is 5.82. The zero-order chi connectivity index (χ0) is 15.9. The number of rotatable bonds is 2. The van der Waals surface area contributed by atoms with Crippen LogP contribution in [-0.4, -0.2) is 56.0 Å². The van der Waals surface area contributed by atoms with Crippen molar-refractivity contribution < 1.29 is 14.3 Å². The molecule has 0 bridgehead atoms. The highest BCUT2D eigenvalue weighted by Gasteiger charge is 2.41. The molecule has 23 heavy (non-hydrogen) atoms. The highest BCUT2D eigenvalue weighted by Crippen LogP contribution is 2.36. The van der Waals surface area contributed by atoms with E-state index in [9.17, 15) is 4.79 Å². The maximum Gasteiger partial charge on any atom is 0.242 e. The van der Waals surface area contributed by atoms with E-state index in [4.69, 9.17) is 9.47 Å². The first-order valence-corrected chi connectivity index (χ1v) is 8.56. The fourth-order valence-corrected chi connectivity index (χ4v) is 4.01. The summed E-state index contributed by atoms with van der Waals surface area (Å²) in [4.78, 5) is 16.9. The molecule has 3 aliphatic heterocycles. The zero-order valence-electron chi connectivity index (χ0n) is 13.7. The standard InChI is InChI=1S/C18H24N2O3/c1-14-12-20(16-5-3-2-4-15(14)16)13-17(21)19-8-6-18(7-9-19)22-10-11-23-18/h2-5,14H,6-13H2,1H3. The predicted molar refractivity (Wildman–Crippen MR) is 87.5 cm³/mol. The molecule has 1 spiro atoms. The van der Waals surface area contributed by atoms with Crippen molar-refractivity contribution in [1.82, 2.24) is 4.90 Å². The molecular weight excluding hydrogens is 292 g/mol. The van der Waals surface area contributed by atoms with Gasteiger partial charge in [0.2, 0.25) is 5.91 Å². The normalized spacial score (nSPS) is 25.9. The Morgan fingerprint density at radius 3 is 2.65 bits per heavy atom. The van der Waals surface area contributed by atoms with Crippen LogP contribution < -0.4 is 4.90 Å². The number of likely N-dealkylation sites (tertiary alicyclic amines) is 1. The van der Waals surface area contributed by atoms with E-state index < -0.39 is 5.79 Å². The molecule has 2 fully saturated rings. The quantitative estimate of drug-likeness (QED) is 0.837. The zero-order valence-corrected chi connectivity index (χ0v) is 13.7. The number of nitrogens with zero attached hydrogens (tertiary/aromatic N) is 2. The molecule has 3 heterocycles. The highest BCUT2D eigenvalue weighted by atomic mass is 16.7. The van der Waals surface area contributed by atoms with Crippen LogP contribution in [0.2, 0.25) is 0 Å². The Hall–Kier alpha value is -1.59. The average molecular weight is 316 g/mol. The third-order valence-electron chi connectivity index (χ3n) is 5.32. The number of amides is 1. The topological polar surface area (TPSA) is 42.0 Å². The van der Waals surface area contributed by atoms with Crippen LogP contribution in [0.5, 0.6) is 0 Å². The molecule has 1 unspecified atom stereocenters. The fraction of sp³-hybridized carbons (Fsp3) is 0.611. The van der Waals surface area contributed by atoms with Crippen molar-refractivity contribution in [3.8, 4) is 0 Å². The molecule has 2 saturated heterocycles. The number of carbonyl (C=O) groups is 1. The minimum absolute atomic E-state index is 0.210. The first-order chi connectivity index (χ1) is 11.2. The van der Waals surface area contributed by atoms with Crippen LogP contribution in [0.15, 0.2) is 24.3 Å². The maximum atomic E-state index is 12.7. The van der Waals surface area contributed by atoms with Crippen LogP contribution >= 0.6 is 0 Å². The number of hydrogen-bond donors (Lipinski definition) is 0. The van der Waals surface area contributed by atoms with E-state index in [1.54, 1.807) is 0 Å². The van der Waals surface area contributed by atoms with Gasteiger partial charge in [0.15, 0.2) is 5.79 Å². The van der Waals surface area contributed by atoms with Crippen molar-refractivity contribution in [3.05, 3.63) is 29.8 Å². The summed E-state index contributed by atoms with van der Waals surface area (Å²) in [5.41, 5.74) is 2.56. The second-order valence-electron chi connectivity index (χ2n) is 6.83. The molecule has 0 radical (unpaired) electrons. The number of piperidine rings is 1. The number of anilines is 1. The van der Waals surface area contributed by atoms with Crippen LogP contribution in [0.3, 0.4) is 0 Å². The van der Waals surface area contributed by atoms with Gasteiger partial charge in [-0.25, -0.2) is 0 Å². The fourth-order valence-electron chi connectivity index (χ4n) is 4.01. The number of para-hydroxylation sites is 1. The van der Waals surface area contributed by atoms with E-state index in [2.05, 4.69) is 30.0 Å². The van der Waals surface area contributed by atoms with Gasteiger partial charge in [-0.1, -0.05) is 25.1 Å². The molecule has 1 amide bonds. The largest absolute Gasteiger partial charge is 0.361 e. The average Bonchev–Trinajstić information content (AvgIpc) is 3.14. The van der Waals surface area contributed by atoms with E-state index in [1.807, 2.05) is 11.0 Å². The lowest BCUT2D eigenvalue weighted by Crippen LogP contribution is -2.49. The number of hydrogen-bond acceptors (Lipinski definition) is 4. The summed E-state index contributed by atoms with van der Waals surface area (Å²) in [5.74, 6) is 0.289. The summed E-state index contributed by atoms with van der Waals surface area (Å²) in [6.45, 7) is 6.43. The third kappa shape index (κ3) is 2.72. The third-order valence-corrected chi connectivity index (χ3v) is 5.32. The van der Waals surface area contributed by atoms with Crippen molar-refractivity contribution in [2.75, 3.05) is 44.3 Å². The molecule has 3 aliphatic rings. The Morgan fingerprint density at radius 1 is 1.22 bits per heavy atom. The molecule has 5 nitrogen and oxygen atoms in total. The Labute approximate surface area is 137 Å². The lowest BCUT2D eigenvalue weighted by Gasteiger charge is -2.38. The molecule has 0 N–H and O–H groups in total. The first-order valence-electron chi connectivity index (χ1n) is 8.56. The van der Waals surface area contributed by atoms with Gasteiger partial charge in [0.1, 0.15) is 0 Å². The van der Waals surface area contributed by atoms with Crippen LogP contribution in [0, 0.1) is 0 Å². The summed E-state index contributed by atoms with van der Waals surface area (Å²) >= 11 is 0. The van der Waals surface area contributed by atoms with Gasteiger partial charge in [-0.3, -0.25) is 4.79 Å². The lowest BCUT2D eigenvalue weighted by molar-refractivity contribution is -0.187. The van der Waals surface area contributed by atoms with Gasteiger partial charge in [-0.2, -0.15) is 0 Å². The van der Waals surface area contributed by atoms with Crippen LogP contribution in [-0.2, 0) is 14.3 Å². The maximum absolute atomic E-state index is 12.7. The Morgan fingerprint density at radius 2 is 1.91 bits per heavy atom. The van der Waals surface area contributed by atoms with Gasteiger partial charge < -0.3 is 19.3 Å². The number of carbonyl (C=O) groups excluding carboxylic acids is 1. The molecule has 0 aliphatic carbocycles. The van der Waals surface area contributed by atoms with E-state index in [0.717, 1.165) is 32.5 Å². The monoisotopic (exact) mass is 316 g/mol. The van der Waals surface area contributed by atoms with Crippen molar-refractivity contribution in [1.29, 1.82) is 0 Å². The summed E-state index contributed by atoms with van der Waals surface area (Å²) in [5, 5.41) is 0. The van der Waals surface area contributed by atoms with Gasteiger partial charge in [0.25, 0.3) is 0 Å². The molecule has 1 atom stereocenters. The van der Waals surface area contributed by atoms with Gasteiger partial charge in [-0.15, -0.1) is 0 Å².